The molecule has 0 aliphatic carbocycles. The highest BCUT2D eigenvalue weighted by Crippen LogP contribution is 2.32. The number of aromatic nitrogens is 2. The Morgan fingerprint density at radius 3 is 2.63 bits per heavy atom. The van der Waals surface area contributed by atoms with Gasteiger partial charge in [0, 0.05) is 31.4 Å². The molecule has 1 fully saturated rings. The predicted molar refractivity (Wildman–Crippen MR) is 104 cm³/mol. The number of aliphatic carboxylic acids is 1. The van der Waals surface area contributed by atoms with E-state index in [0.29, 0.717) is 50.2 Å². The molecule has 0 amide bonds. The van der Waals surface area contributed by atoms with Gasteiger partial charge < -0.3 is 20.1 Å². The van der Waals surface area contributed by atoms with Crippen LogP contribution in [0.2, 0.25) is 0 Å². The van der Waals surface area contributed by atoms with Crippen molar-refractivity contribution in [1.82, 2.24) is 9.97 Å². The zero-order valence-electron chi connectivity index (χ0n) is 15.8. The molecule has 0 saturated carbocycles. The van der Waals surface area contributed by atoms with Crippen LogP contribution in [0.1, 0.15) is 25.0 Å². The Bertz CT molecular complexity index is 774. The summed E-state index contributed by atoms with van der Waals surface area (Å²) in [6.07, 6.45) is 2.50. The maximum absolute atomic E-state index is 11.8. The van der Waals surface area contributed by atoms with E-state index in [0.717, 1.165) is 6.42 Å². The number of hydrogen-bond donors (Lipinski definition) is 2. The molecule has 7 nitrogen and oxygen atoms in total. The van der Waals surface area contributed by atoms with Crippen LogP contribution >= 0.6 is 0 Å². The molecule has 0 bridgehead atoms. The monoisotopic (exact) mass is 370 g/mol. The fourth-order valence-electron chi connectivity index (χ4n) is 2.99. The van der Waals surface area contributed by atoms with Gasteiger partial charge in [0.05, 0.1) is 18.6 Å². The lowest BCUT2D eigenvalue weighted by Crippen LogP contribution is -2.40. The molecule has 1 aliphatic heterocycles. The number of nitrogens with zero attached hydrogens (tertiary/aromatic N) is 3. The van der Waals surface area contributed by atoms with Gasteiger partial charge in [-0.1, -0.05) is 30.3 Å². The zero-order valence-corrected chi connectivity index (χ0v) is 15.8. The van der Waals surface area contributed by atoms with Crippen molar-refractivity contribution in [3.8, 4) is 0 Å². The Morgan fingerprint density at radius 2 is 1.96 bits per heavy atom. The Kier molecular flexibility index (Phi) is 5.91. The molecule has 1 aromatic heterocycles. The number of ether oxygens (including phenoxy) is 1. The average Bonchev–Trinajstić information content (AvgIpc) is 2.69. The van der Waals surface area contributed by atoms with Crippen LogP contribution in [0.5, 0.6) is 0 Å². The molecule has 7 heteroatoms. The van der Waals surface area contributed by atoms with Gasteiger partial charge in [-0.15, -0.1) is 0 Å². The molecule has 2 heterocycles. The van der Waals surface area contributed by atoms with Crippen LogP contribution in [0.25, 0.3) is 0 Å². The molecule has 0 atom stereocenters. The maximum Gasteiger partial charge on any atom is 0.313 e. The van der Waals surface area contributed by atoms with E-state index < -0.39 is 11.4 Å². The van der Waals surface area contributed by atoms with E-state index in [4.69, 9.17) is 4.74 Å². The average molecular weight is 370 g/mol. The highest BCUT2D eigenvalue weighted by Gasteiger charge is 2.35. The molecular formula is C20H26N4O3. The SMILES string of the molecule is CC(C)(C(=O)O)c1cnc(NCCc2ccccc2)nc1N1CCOCC1. The highest BCUT2D eigenvalue weighted by molar-refractivity contribution is 5.82. The number of hydrogen-bond acceptors (Lipinski definition) is 6. The zero-order chi connectivity index (χ0) is 19.3. The summed E-state index contributed by atoms with van der Waals surface area (Å²) in [4.78, 5) is 22.9. The minimum atomic E-state index is -1.07. The Balaban J connectivity index is 1.80. The van der Waals surface area contributed by atoms with Crippen LogP contribution in [0, 0.1) is 0 Å². The summed E-state index contributed by atoms with van der Waals surface area (Å²) >= 11 is 0. The number of carboxylic acids is 1. The van der Waals surface area contributed by atoms with Gasteiger partial charge in [-0.05, 0) is 25.8 Å². The maximum atomic E-state index is 11.8. The summed E-state index contributed by atoms with van der Waals surface area (Å²) in [7, 11) is 0. The second-order valence-electron chi connectivity index (χ2n) is 7.12. The topological polar surface area (TPSA) is 87.6 Å². The smallest absolute Gasteiger partial charge is 0.313 e. The Morgan fingerprint density at radius 1 is 1.26 bits per heavy atom. The molecule has 2 aromatic rings. The molecule has 0 spiro atoms. The van der Waals surface area contributed by atoms with E-state index in [-0.39, 0.29) is 0 Å². The van der Waals surface area contributed by atoms with Crippen molar-refractivity contribution >= 4 is 17.7 Å². The number of benzene rings is 1. The number of anilines is 2. The van der Waals surface area contributed by atoms with Crippen LogP contribution in [0.3, 0.4) is 0 Å². The molecule has 144 valence electrons. The summed E-state index contributed by atoms with van der Waals surface area (Å²) in [6, 6.07) is 10.2. The third kappa shape index (κ3) is 4.54. The molecule has 0 radical (unpaired) electrons. The van der Waals surface area contributed by atoms with Crippen LogP contribution in [0.4, 0.5) is 11.8 Å². The van der Waals surface area contributed by atoms with Crippen molar-refractivity contribution in [1.29, 1.82) is 0 Å². The van der Waals surface area contributed by atoms with E-state index in [1.807, 2.05) is 18.2 Å². The quantitative estimate of drug-likeness (QED) is 0.773. The second-order valence-corrected chi connectivity index (χ2v) is 7.12. The molecule has 0 unspecified atom stereocenters. The van der Waals surface area contributed by atoms with Crippen LogP contribution < -0.4 is 10.2 Å². The first kappa shape index (κ1) is 19.1. The molecule has 27 heavy (non-hydrogen) atoms. The van der Waals surface area contributed by atoms with Crippen molar-refractivity contribution in [3.63, 3.8) is 0 Å². The first-order chi connectivity index (χ1) is 13.0. The van der Waals surface area contributed by atoms with E-state index in [2.05, 4.69) is 32.3 Å². The molecule has 1 aromatic carbocycles. The van der Waals surface area contributed by atoms with Crippen molar-refractivity contribution in [2.75, 3.05) is 43.1 Å². The highest BCUT2D eigenvalue weighted by atomic mass is 16.5. The van der Waals surface area contributed by atoms with Crippen LogP contribution in [-0.2, 0) is 21.4 Å². The minimum absolute atomic E-state index is 0.511. The van der Waals surface area contributed by atoms with Gasteiger partial charge in [-0.3, -0.25) is 4.79 Å². The predicted octanol–water partition coefficient (Wildman–Crippen LogP) is 2.33. The van der Waals surface area contributed by atoms with E-state index in [9.17, 15) is 9.90 Å². The fourth-order valence-corrected chi connectivity index (χ4v) is 2.99. The fraction of sp³-hybridized carbons (Fsp3) is 0.450. The third-order valence-electron chi connectivity index (χ3n) is 4.83. The lowest BCUT2D eigenvalue weighted by atomic mass is 9.85. The van der Waals surface area contributed by atoms with E-state index >= 15 is 0 Å². The molecule has 1 saturated heterocycles. The number of rotatable bonds is 7. The minimum Gasteiger partial charge on any atom is -0.481 e. The summed E-state index contributed by atoms with van der Waals surface area (Å²) in [5.74, 6) is 0.283. The van der Waals surface area contributed by atoms with Crippen LogP contribution in [-0.4, -0.2) is 53.9 Å². The van der Waals surface area contributed by atoms with Crippen molar-refractivity contribution in [3.05, 3.63) is 47.7 Å². The summed E-state index contributed by atoms with van der Waals surface area (Å²) in [6.45, 7) is 6.64. The second kappa shape index (κ2) is 8.35. The lowest BCUT2D eigenvalue weighted by molar-refractivity contribution is -0.142. The van der Waals surface area contributed by atoms with Gasteiger partial charge in [0.1, 0.15) is 5.82 Å². The van der Waals surface area contributed by atoms with Crippen molar-refractivity contribution in [2.24, 2.45) is 0 Å². The van der Waals surface area contributed by atoms with Crippen molar-refractivity contribution in [2.45, 2.75) is 25.7 Å². The van der Waals surface area contributed by atoms with E-state index in [1.165, 1.54) is 5.56 Å². The normalized spacial score (nSPS) is 14.8. The van der Waals surface area contributed by atoms with Gasteiger partial charge >= 0.3 is 5.97 Å². The van der Waals surface area contributed by atoms with Gasteiger partial charge in [0.25, 0.3) is 0 Å². The third-order valence-corrected chi connectivity index (χ3v) is 4.83. The van der Waals surface area contributed by atoms with Gasteiger partial charge in [-0.25, -0.2) is 4.98 Å². The number of carbonyl (C=O) groups is 1. The van der Waals surface area contributed by atoms with Crippen LogP contribution in [0.15, 0.2) is 36.5 Å². The largest absolute Gasteiger partial charge is 0.481 e. The standard InChI is InChI=1S/C20H26N4O3/c1-20(2,18(25)26)16-14-22-19(21-9-8-15-6-4-3-5-7-15)23-17(16)24-10-12-27-13-11-24/h3-7,14H,8-13H2,1-2H3,(H,25,26)(H,21,22,23). The van der Waals surface area contributed by atoms with E-state index in [1.54, 1.807) is 20.0 Å². The van der Waals surface area contributed by atoms with Gasteiger partial charge in [-0.2, -0.15) is 4.98 Å². The summed E-state index contributed by atoms with van der Waals surface area (Å²) in [5, 5.41) is 12.9. The number of morpholine rings is 1. The van der Waals surface area contributed by atoms with Crippen molar-refractivity contribution < 1.29 is 14.6 Å². The number of nitrogens with one attached hydrogen (secondary N) is 1. The molecule has 1 aliphatic rings. The molecule has 3 rings (SSSR count). The molecular weight excluding hydrogens is 344 g/mol. The van der Waals surface area contributed by atoms with Gasteiger partial charge in [0.15, 0.2) is 0 Å². The summed E-state index contributed by atoms with van der Waals surface area (Å²) < 4.78 is 5.42. The lowest BCUT2D eigenvalue weighted by Gasteiger charge is -2.32. The first-order valence-electron chi connectivity index (χ1n) is 9.20. The Hall–Kier alpha value is -2.67. The first-order valence-corrected chi connectivity index (χ1v) is 9.20. The Labute approximate surface area is 159 Å². The summed E-state index contributed by atoms with van der Waals surface area (Å²) in [5.41, 5.74) is 0.781. The molecule has 2 N–H and O–H groups in total. The number of carboxylic acid groups (broad SMARTS) is 1. The van der Waals surface area contributed by atoms with Gasteiger partial charge in [0.2, 0.25) is 5.95 Å².